The van der Waals surface area contributed by atoms with Crippen LogP contribution in [-0.4, -0.2) is 30.8 Å². The van der Waals surface area contributed by atoms with Crippen molar-refractivity contribution in [2.45, 2.75) is 19.1 Å². The lowest BCUT2D eigenvalue weighted by Crippen LogP contribution is -2.22. The first-order chi connectivity index (χ1) is 8.11. The molecule has 1 aromatic carbocycles. The molecule has 0 fully saturated rings. The van der Waals surface area contributed by atoms with Gasteiger partial charge in [0.1, 0.15) is 18.1 Å². The SMILES string of the molecule is CNC1COc2cc(OC(C)C(=O)O)ccc21. The Morgan fingerprint density at radius 2 is 2.41 bits per heavy atom. The van der Waals surface area contributed by atoms with E-state index in [2.05, 4.69) is 5.32 Å². The zero-order chi connectivity index (χ0) is 12.4. The summed E-state index contributed by atoms with van der Waals surface area (Å²) in [5, 5.41) is 11.9. The molecule has 2 rings (SSSR count). The van der Waals surface area contributed by atoms with E-state index in [0.717, 1.165) is 11.3 Å². The summed E-state index contributed by atoms with van der Waals surface area (Å²) in [6.07, 6.45) is -0.866. The molecule has 0 aromatic heterocycles. The maximum atomic E-state index is 10.7. The van der Waals surface area contributed by atoms with Crippen LogP contribution >= 0.6 is 0 Å². The third-order valence-corrected chi connectivity index (χ3v) is 2.78. The normalized spacial score (nSPS) is 19.3. The van der Waals surface area contributed by atoms with Crippen LogP contribution in [0.5, 0.6) is 11.5 Å². The highest BCUT2D eigenvalue weighted by atomic mass is 16.5. The van der Waals surface area contributed by atoms with Crippen molar-refractivity contribution < 1.29 is 19.4 Å². The van der Waals surface area contributed by atoms with E-state index in [-0.39, 0.29) is 6.04 Å². The first-order valence-electron chi connectivity index (χ1n) is 5.45. The minimum atomic E-state index is -0.987. The van der Waals surface area contributed by atoms with Crippen LogP contribution in [0.25, 0.3) is 0 Å². The van der Waals surface area contributed by atoms with Crippen LogP contribution in [0.1, 0.15) is 18.5 Å². The van der Waals surface area contributed by atoms with Gasteiger partial charge in [-0.05, 0) is 26.1 Å². The Hall–Kier alpha value is -1.75. The number of aliphatic carboxylic acids is 1. The fourth-order valence-electron chi connectivity index (χ4n) is 1.76. The summed E-state index contributed by atoms with van der Waals surface area (Å²) in [7, 11) is 1.88. The monoisotopic (exact) mass is 237 g/mol. The molecule has 2 N–H and O–H groups in total. The fourth-order valence-corrected chi connectivity index (χ4v) is 1.76. The molecule has 1 aromatic rings. The van der Waals surface area contributed by atoms with Crippen LogP contribution in [0.15, 0.2) is 18.2 Å². The fraction of sp³-hybridized carbons (Fsp3) is 0.417. The Morgan fingerprint density at radius 3 is 3.06 bits per heavy atom. The maximum absolute atomic E-state index is 10.7. The molecule has 1 heterocycles. The van der Waals surface area contributed by atoms with Crippen LogP contribution < -0.4 is 14.8 Å². The van der Waals surface area contributed by atoms with Crippen molar-refractivity contribution in [3.05, 3.63) is 23.8 Å². The summed E-state index contributed by atoms with van der Waals surface area (Å²) in [5.74, 6) is 0.273. The van der Waals surface area contributed by atoms with Crippen LogP contribution in [0.4, 0.5) is 0 Å². The summed E-state index contributed by atoms with van der Waals surface area (Å²) >= 11 is 0. The highest BCUT2D eigenvalue weighted by Crippen LogP contribution is 2.35. The average Bonchev–Trinajstić information content (AvgIpc) is 2.71. The van der Waals surface area contributed by atoms with E-state index < -0.39 is 12.1 Å². The summed E-state index contributed by atoms with van der Waals surface area (Å²) in [4.78, 5) is 10.7. The van der Waals surface area contributed by atoms with E-state index in [1.807, 2.05) is 13.1 Å². The summed E-state index contributed by atoms with van der Waals surface area (Å²) in [5.41, 5.74) is 1.07. The number of rotatable bonds is 4. The zero-order valence-corrected chi connectivity index (χ0v) is 9.77. The van der Waals surface area contributed by atoms with Gasteiger partial charge in [-0.15, -0.1) is 0 Å². The van der Waals surface area contributed by atoms with Crippen LogP contribution in [-0.2, 0) is 4.79 Å². The molecule has 1 aliphatic heterocycles. The molecule has 1 aliphatic rings. The number of carboxylic acids is 1. The van der Waals surface area contributed by atoms with Gasteiger partial charge < -0.3 is 19.9 Å². The quantitative estimate of drug-likeness (QED) is 0.823. The third-order valence-electron chi connectivity index (χ3n) is 2.78. The lowest BCUT2D eigenvalue weighted by atomic mass is 10.1. The Balaban J connectivity index is 2.15. The smallest absolute Gasteiger partial charge is 0.344 e. The molecule has 92 valence electrons. The van der Waals surface area contributed by atoms with E-state index in [0.29, 0.717) is 12.4 Å². The molecular weight excluding hydrogens is 222 g/mol. The Bertz CT molecular complexity index is 433. The van der Waals surface area contributed by atoms with Crippen molar-refractivity contribution in [2.24, 2.45) is 0 Å². The van der Waals surface area contributed by atoms with Crippen molar-refractivity contribution >= 4 is 5.97 Å². The van der Waals surface area contributed by atoms with E-state index in [9.17, 15) is 4.79 Å². The number of hydrogen-bond acceptors (Lipinski definition) is 4. The van der Waals surface area contributed by atoms with Gasteiger partial charge in [-0.2, -0.15) is 0 Å². The summed E-state index contributed by atoms with van der Waals surface area (Å²) in [6.45, 7) is 2.08. The minimum Gasteiger partial charge on any atom is -0.491 e. The van der Waals surface area contributed by atoms with Gasteiger partial charge >= 0.3 is 5.97 Å². The van der Waals surface area contributed by atoms with Gasteiger partial charge in [0.25, 0.3) is 0 Å². The maximum Gasteiger partial charge on any atom is 0.344 e. The van der Waals surface area contributed by atoms with Crippen molar-refractivity contribution in [3.63, 3.8) is 0 Å². The molecule has 0 amide bonds. The van der Waals surface area contributed by atoms with E-state index in [1.54, 1.807) is 12.1 Å². The van der Waals surface area contributed by atoms with Crippen molar-refractivity contribution in [1.29, 1.82) is 0 Å². The van der Waals surface area contributed by atoms with Gasteiger partial charge in [0.2, 0.25) is 0 Å². The predicted molar refractivity (Wildman–Crippen MR) is 61.5 cm³/mol. The minimum absolute atomic E-state index is 0.191. The van der Waals surface area contributed by atoms with Gasteiger partial charge in [0, 0.05) is 11.6 Å². The zero-order valence-electron chi connectivity index (χ0n) is 9.77. The molecule has 0 aliphatic carbocycles. The van der Waals surface area contributed by atoms with E-state index in [4.69, 9.17) is 14.6 Å². The average molecular weight is 237 g/mol. The van der Waals surface area contributed by atoms with Crippen molar-refractivity contribution in [2.75, 3.05) is 13.7 Å². The predicted octanol–water partition coefficient (Wildman–Crippen LogP) is 1.19. The Labute approximate surface area is 99.3 Å². The van der Waals surface area contributed by atoms with Crippen LogP contribution in [0.2, 0.25) is 0 Å². The number of carboxylic acid groups (broad SMARTS) is 1. The number of likely N-dealkylation sites (N-methyl/N-ethyl adjacent to an activating group) is 1. The van der Waals surface area contributed by atoms with Gasteiger partial charge in [0.05, 0.1) is 6.04 Å². The molecule has 2 atom stereocenters. The summed E-state index contributed by atoms with van der Waals surface area (Å²) < 4.78 is 10.8. The molecule has 5 heteroatoms. The molecular formula is C12H15NO4. The van der Waals surface area contributed by atoms with Crippen molar-refractivity contribution in [3.8, 4) is 11.5 Å². The van der Waals surface area contributed by atoms with Crippen LogP contribution in [0, 0.1) is 0 Å². The second-order valence-corrected chi connectivity index (χ2v) is 3.95. The van der Waals surface area contributed by atoms with Gasteiger partial charge in [-0.25, -0.2) is 4.79 Å². The summed E-state index contributed by atoms with van der Waals surface area (Å²) in [6, 6.07) is 5.58. The van der Waals surface area contributed by atoms with Gasteiger partial charge in [-0.1, -0.05) is 0 Å². The lowest BCUT2D eigenvalue weighted by Gasteiger charge is -2.11. The number of fused-ring (bicyclic) bond motifs is 1. The van der Waals surface area contributed by atoms with Gasteiger partial charge in [0.15, 0.2) is 6.10 Å². The van der Waals surface area contributed by atoms with Gasteiger partial charge in [-0.3, -0.25) is 0 Å². The van der Waals surface area contributed by atoms with Crippen molar-refractivity contribution in [1.82, 2.24) is 5.32 Å². The first-order valence-corrected chi connectivity index (χ1v) is 5.45. The molecule has 17 heavy (non-hydrogen) atoms. The molecule has 0 bridgehead atoms. The number of benzene rings is 1. The number of hydrogen-bond donors (Lipinski definition) is 2. The first kappa shape index (κ1) is 11.7. The number of carbonyl (C=O) groups is 1. The lowest BCUT2D eigenvalue weighted by molar-refractivity contribution is -0.144. The van der Waals surface area contributed by atoms with E-state index >= 15 is 0 Å². The Kier molecular flexibility index (Phi) is 3.19. The van der Waals surface area contributed by atoms with Crippen LogP contribution in [0.3, 0.4) is 0 Å². The largest absolute Gasteiger partial charge is 0.491 e. The highest BCUT2D eigenvalue weighted by Gasteiger charge is 2.23. The number of ether oxygens (including phenoxy) is 2. The highest BCUT2D eigenvalue weighted by molar-refractivity contribution is 5.72. The molecule has 5 nitrogen and oxygen atoms in total. The molecule has 0 spiro atoms. The Morgan fingerprint density at radius 1 is 1.65 bits per heavy atom. The standard InChI is InChI=1S/C12H15NO4/c1-7(12(14)15)17-8-3-4-9-10(13-2)6-16-11(9)5-8/h3-5,7,10,13H,6H2,1-2H3,(H,14,15). The third kappa shape index (κ3) is 2.34. The number of nitrogens with one attached hydrogen (secondary N) is 1. The molecule has 2 unspecified atom stereocenters. The molecule has 0 saturated heterocycles. The second kappa shape index (κ2) is 4.63. The topological polar surface area (TPSA) is 67.8 Å². The molecule has 0 saturated carbocycles. The second-order valence-electron chi connectivity index (χ2n) is 3.95. The molecule has 0 radical (unpaired) electrons. The van der Waals surface area contributed by atoms with E-state index in [1.165, 1.54) is 6.92 Å².